The van der Waals surface area contributed by atoms with Crippen molar-refractivity contribution in [2.24, 2.45) is 0 Å². The summed E-state index contributed by atoms with van der Waals surface area (Å²) in [6.07, 6.45) is 7.96. The zero-order valence-corrected chi connectivity index (χ0v) is 52.8. The minimum atomic E-state index is -2.90. The highest BCUT2D eigenvalue weighted by Gasteiger charge is 2.42. The fourth-order valence-electron chi connectivity index (χ4n) is 14.8. The monoisotopic (exact) mass is 1180 g/mol. The molecule has 0 N–H and O–H groups in total. The molecule has 0 saturated carbocycles. The smallest absolute Gasteiger partial charge is 0.269 e. The Morgan fingerprint density at radius 3 is 1.78 bits per heavy atom. The molecule has 0 bridgehead atoms. The van der Waals surface area contributed by atoms with Crippen LogP contribution in [0.4, 0.5) is 0 Å². The van der Waals surface area contributed by atoms with Gasteiger partial charge in [0.15, 0.2) is 8.07 Å². The van der Waals surface area contributed by atoms with Crippen molar-refractivity contribution in [3.05, 3.63) is 296 Å². The number of ether oxygens (including phenoxy) is 1. The van der Waals surface area contributed by atoms with Gasteiger partial charge in [0.05, 0.1) is 38.9 Å². The molecule has 2 aliphatic rings. The lowest BCUT2D eigenvalue weighted by Gasteiger charge is -2.42. The van der Waals surface area contributed by atoms with Crippen molar-refractivity contribution >= 4 is 61.7 Å². The van der Waals surface area contributed by atoms with Gasteiger partial charge in [-0.3, -0.25) is 13.7 Å². The number of benzene rings is 11. The van der Waals surface area contributed by atoms with Crippen molar-refractivity contribution in [1.29, 1.82) is 0 Å². The number of rotatable bonds is 9. The second-order valence-corrected chi connectivity index (χ2v) is 30.6. The Morgan fingerprint density at radius 2 is 1.09 bits per heavy atom. The number of aromatic nitrogens is 4. The third kappa shape index (κ3) is 8.86. The van der Waals surface area contributed by atoms with Crippen LogP contribution in [0.2, 0.25) is 0 Å². The standard InChI is InChI=1S/C84H70N4OSi/c1-82(2,3)57-45-48-85-79(49-57)88-76-44-42-64(90(61-29-14-9-15-30-61,62-31-16-10-17-32-62)63-33-18-11-19-34-63)52-73(76)68-43-41-60(51-78(68)88)89-59-28-22-27-58(50-59)86-55-87-80-65(56-25-12-8-13-26-56)37-23-38-70(80)72-54-75-74(83(4,5)46-47-84(75,6)7)53-71(72)67-36-21-20-35-66(67)69-39-24-40-77(86)81(69)87/h8-45,48-54H,46-47H2,1-7H3/i8D,12D,13D,25D. The summed E-state index contributed by atoms with van der Waals surface area (Å²) in [7, 11) is -2.90. The second kappa shape index (κ2) is 21.0. The molecule has 436 valence electrons. The zero-order valence-electron chi connectivity index (χ0n) is 55.8. The van der Waals surface area contributed by atoms with Crippen molar-refractivity contribution in [2.45, 2.75) is 77.6 Å². The molecule has 0 unspecified atom stereocenters. The van der Waals surface area contributed by atoms with Gasteiger partial charge < -0.3 is 4.74 Å². The van der Waals surface area contributed by atoms with Crippen LogP contribution in [0.25, 0.3) is 94.5 Å². The maximum absolute atomic E-state index is 9.49. The summed E-state index contributed by atoms with van der Waals surface area (Å²) in [6.45, 7) is 16.2. The zero-order chi connectivity index (χ0) is 64.6. The van der Waals surface area contributed by atoms with Crippen LogP contribution >= 0.6 is 0 Å². The normalized spacial score (nSPS) is 14.7. The molecule has 14 aromatic rings. The van der Waals surface area contributed by atoms with Crippen LogP contribution < -0.4 is 30.1 Å². The van der Waals surface area contributed by atoms with Crippen LogP contribution in [0, 0.1) is 6.33 Å². The summed E-state index contributed by atoms with van der Waals surface area (Å²) < 4.78 is 49.8. The van der Waals surface area contributed by atoms with Gasteiger partial charge in [0.2, 0.25) is 0 Å². The van der Waals surface area contributed by atoms with Gasteiger partial charge in [0.1, 0.15) is 17.3 Å². The van der Waals surface area contributed by atoms with Gasteiger partial charge in [-0.2, -0.15) is 0 Å². The van der Waals surface area contributed by atoms with Crippen LogP contribution in [0.5, 0.6) is 11.5 Å². The Morgan fingerprint density at radius 1 is 0.489 bits per heavy atom. The van der Waals surface area contributed by atoms with Crippen molar-refractivity contribution in [2.75, 3.05) is 0 Å². The molecule has 4 heterocycles. The lowest BCUT2D eigenvalue weighted by Crippen LogP contribution is -2.74. The largest absolute Gasteiger partial charge is 0.458 e. The molecule has 0 saturated heterocycles. The number of hydrogen-bond donors (Lipinski definition) is 0. The van der Waals surface area contributed by atoms with Gasteiger partial charge in [0.25, 0.3) is 6.33 Å². The predicted octanol–water partition coefficient (Wildman–Crippen LogP) is 18.0. The van der Waals surface area contributed by atoms with Gasteiger partial charge in [-0.15, -0.1) is 0 Å². The van der Waals surface area contributed by atoms with Crippen LogP contribution in [-0.4, -0.2) is 22.2 Å². The first-order valence-corrected chi connectivity index (χ1v) is 33.4. The van der Waals surface area contributed by atoms with E-state index in [1.54, 1.807) is 6.07 Å². The minimum absolute atomic E-state index is 0.0636. The summed E-state index contributed by atoms with van der Waals surface area (Å²) in [5, 5.41) is 7.43. The summed E-state index contributed by atoms with van der Waals surface area (Å²) in [4.78, 5) is 5.12. The number of pyridine rings is 1. The molecule has 1 aliphatic carbocycles. The molecular formula is C84H70N4OSi. The number of imidazole rings is 1. The Labute approximate surface area is 534 Å². The third-order valence-electron chi connectivity index (χ3n) is 19.5. The van der Waals surface area contributed by atoms with Crippen LogP contribution in [-0.2, 0) is 16.2 Å². The van der Waals surface area contributed by atoms with E-state index in [2.05, 4.69) is 281 Å². The van der Waals surface area contributed by atoms with Gasteiger partial charge in [-0.25, -0.2) is 4.98 Å². The van der Waals surface area contributed by atoms with Gasteiger partial charge in [-0.1, -0.05) is 255 Å². The van der Waals surface area contributed by atoms with Crippen molar-refractivity contribution < 1.29 is 14.8 Å². The lowest BCUT2D eigenvalue weighted by molar-refractivity contribution is -0.570. The van der Waals surface area contributed by atoms with Gasteiger partial charge in [0, 0.05) is 23.0 Å². The number of fused-ring (bicyclic) bond motifs is 11. The highest BCUT2D eigenvalue weighted by molar-refractivity contribution is 7.20. The van der Waals surface area contributed by atoms with E-state index in [0.717, 1.165) is 96.3 Å². The molecule has 0 spiro atoms. The molecule has 11 aromatic carbocycles. The first-order chi connectivity index (χ1) is 45.4. The third-order valence-corrected chi connectivity index (χ3v) is 24.3. The molecule has 6 heteroatoms. The fourth-order valence-corrected chi connectivity index (χ4v) is 19.6. The minimum Gasteiger partial charge on any atom is -0.458 e. The highest BCUT2D eigenvalue weighted by Crippen LogP contribution is 2.52. The van der Waals surface area contributed by atoms with Crippen molar-refractivity contribution in [1.82, 2.24) is 14.1 Å². The maximum atomic E-state index is 9.49. The fraction of sp³-hybridized carbons (Fsp3) is 0.143. The lowest BCUT2D eigenvalue weighted by atomic mass is 9.62. The van der Waals surface area contributed by atoms with Crippen LogP contribution in [0.15, 0.2) is 273 Å². The first kappa shape index (κ1) is 50.8. The summed E-state index contributed by atoms with van der Waals surface area (Å²) >= 11 is 0. The van der Waals surface area contributed by atoms with Crippen LogP contribution in [0.1, 0.15) is 83.5 Å². The Kier molecular flexibility index (Phi) is 11.9. The molecule has 0 fully saturated rings. The van der Waals surface area contributed by atoms with Gasteiger partial charge in [-0.05, 0) is 166 Å². The quantitative estimate of drug-likeness (QED) is 0.0625. The average Bonchev–Trinajstić information content (AvgIpc) is 1.41. The summed E-state index contributed by atoms with van der Waals surface area (Å²) in [6, 6.07) is 86.4. The van der Waals surface area contributed by atoms with E-state index in [4.69, 9.17) is 13.8 Å². The maximum Gasteiger partial charge on any atom is 0.269 e. The van der Waals surface area contributed by atoms with E-state index in [1.165, 1.54) is 37.4 Å². The van der Waals surface area contributed by atoms with E-state index < -0.39 is 8.07 Å². The molecule has 0 radical (unpaired) electrons. The second-order valence-electron chi connectivity index (χ2n) is 26.8. The first-order valence-electron chi connectivity index (χ1n) is 33.4. The highest BCUT2D eigenvalue weighted by atomic mass is 28.3. The molecular weight excluding hydrogens is 1110 g/mol. The number of hydrogen-bond acceptors (Lipinski definition) is 2. The Bertz CT molecular complexity index is 5300. The Hall–Kier alpha value is -10.1. The van der Waals surface area contributed by atoms with Crippen molar-refractivity contribution in [3.8, 4) is 73.2 Å². The molecule has 0 amide bonds. The van der Waals surface area contributed by atoms with Crippen LogP contribution in [0.3, 0.4) is 0 Å². The molecule has 90 heavy (non-hydrogen) atoms. The van der Waals surface area contributed by atoms with Gasteiger partial charge >= 0.3 is 0 Å². The number of nitrogens with zero attached hydrogens (tertiary/aromatic N) is 4. The molecule has 3 aromatic heterocycles. The average molecular weight is 1180 g/mol. The van der Waals surface area contributed by atoms with E-state index in [9.17, 15) is 1.37 Å². The van der Waals surface area contributed by atoms with E-state index in [0.29, 0.717) is 22.6 Å². The van der Waals surface area contributed by atoms with Crippen molar-refractivity contribution in [3.63, 3.8) is 0 Å². The molecule has 1 aliphatic heterocycles. The molecule has 5 nitrogen and oxygen atoms in total. The molecule has 16 rings (SSSR count). The molecule has 0 atom stereocenters. The SMILES string of the molecule is [2H]c1cc(-c2cccc3c2-[n+]2[c-]n(-c4cccc(Oc5ccc6c7cc([Si](c8ccccc8)(c8ccccc8)c8ccccc8)ccc7n(-c7cc(C(C)(C)C)ccn7)c6c5)c4)c4cccc(c42)-c2ccccc2-c2cc4c(cc2-3)C(C)(C)CCC4(C)C)c([2H])c([2H])c1[2H]. The summed E-state index contributed by atoms with van der Waals surface area (Å²) in [5.41, 5.74) is 16.3. The topological polar surface area (TPSA) is 35.9 Å². The van der Waals surface area contributed by atoms with E-state index in [1.807, 2.05) is 30.5 Å². The summed E-state index contributed by atoms with van der Waals surface area (Å²) in [5.74, 6) is 2.13. The predicted molar refractivity (Wildman–Crippen MR) is 375 cm³/mol. The Balaban J connectivity index is 0.888. The number of para-hydroxylation sites is 2. The van der Waals surface area contributed by atoms with E-state index in [-0.39, 0.29) is 40.4 Å². The van der Waals surface area contributed by atoms with E-state index >= 15 is 0 Å².